The molecule has 2 rings (SSSR count). The molecule has 3 nitrogen and oxygen atoms in total. The van der Waals surface area contributed by atoms with Crippen molar-refractivity contribution in [1.29, 1.82) is 0 Å². The van der Waals surface area contributed by atoms with E-state index in [1.165, 1.54) is 24.0 Å². The summed E-state index contributed by atoms with van der Waals surface area (Å²) >= 11 is 0. The molecule has 1 unspecified atom stereocenters. The third kappa shape index (κ3) is 6.25. The lowest BCUT2D eigenvalue weighted by Crippen LogP contribution is -2.22. The van der Waals surface area contributed by atoms with E-state index in [1.807, 2.05) is 6.92 Å². The summed E-state index contributed by atoms with van der Waals surface area (Å²) in [7, 11) is 0. The van der Waals surface area contributed by atoms with E-state index >= 15 is 0 Å². The van der Waals surface area contributed by atoms with Gasteiger partial charge in [-0.25, -0.2) is 0 Å². The molecule has 1 aliphatic carbocycles. The number of rotatable bonds is 9. The highest BCUT2D eigenvalue weighted by Crippen LogP contribution is 2.31. The molecule has 1 fully saturated rings. The van der Waals surface area contributed by atoms with Gasteiger partial charge in [-0.1, -0.05) is 13.0 Å². The second-order valence-corrected chi connectivity index (χ2v) is 5.71. The lowest BCUT2D eigenvalue weighted by molar-refractivity contribution is 0.134. The molecule has 1 aromatic rings. The lowest BCUT2D eigenvalue weighted by Gasteiger charge is -2.16. The minimum atomic E-state index is 0. The molecule has 120 valence electrons. The van der Waals surface area contributed by atoms with E-state index in [9.17, 15) is 0 Å². The maximum absolute atomic E-state index is 6.11. The van der Waals surface area contributed by atoms with Gasteiger partial charge in [0.15, 0.2) is 0 Å². The van der Waals surface area contributed by atoms with E-state index < -0.39 is 0 Å². The topological polar surface area (TPSA) is 44.5 Å². The van der Waals surface area contributed by atoms with E-state index in [-0.39, 0.29) is 18.4 Å². The zero-order valence-electron chi connectivity index (χ0n) is 13.1. The highest BCUT2D eigenvalue weighted by Gasteiger charge is 2.22. The predicted molar refractivity (Wildman–Crippen MR) is 89.2 cm³/mol. The zero-order valence-corrected chi connectivity index (χ0v) is 14.0. The van der Waals surface area contributed by atoms with Gasteiger partial charge in [-0.05, 0) is 61.8 Å². The Morgan fingerprint density at radius 3 is 2.67 bits per heavy atom. The molecule has 0 saturated heterocycles. The summed E-state index contributed by atoms with van der Waals surface area (Å²) in [6.45, 7) is 6.39. The standard InChI is InChI=1S/C17H27NO2.ClH/c1-3-16(18)10-15-9-14(11-19-4-2)7-8-17(15)20-12-13-5-6-13;/h7-9,13,16H,3-6,10-12,18H2,1-2H3;1H. The van der Waals surface area contributed by atoms with Crippen molar-refractivity contribution in [3.63, 3.8) is 0 Å². The molecule has 1 aliphatic rings. The fourth-order valence-corrected chi connectivity index (χ4v) is 2.16. The van der Waals surface area contributed by atoms with Crippen molar-refractivity contribution in [2.24, 2.45) is 11.7 Å². The van der Waals surface area contributed by atoms with Gasteiger partial charge in [0.1, 0.15) is 5.75 Å². The van der Waals surface area contributed by atoms with Crippen LogP contribution in [-0.2, 0) is 17.8 Å². The smallest absolute Gasteiger partial charge is 0.122 e. The third-order valence-electron chi connectivity index (χ3n) is 3.78. The van der Waals surface area contributed by atoms with Crippen LogP contribution in [0.3, 0.4) is 0 Å². The average molecular weight is 314 g/mol. The van der Waals surface area contributed by atoms with Gasteiger partial charge >= 0.3 is 0 Å². The summed E-state index contributed by atoms with van der Waals surface area (Å²) in [5.74, 6) is 1.77. The van der Waals surface area contributed by atoms with Crippen molar-refractivity contribution in [2.45, 2.75) is 52.2 Å². The van der Waals surface area contributed by atoms with Gasteiger partial charge in [0, 0.05) is 12.6 Å². The van der Waals surface area contributed by atoms with Crippen LogP contribution < -0.4 is 10.5 Å². The minimum absolute atomic E-state index is 0. The molecule has 21 heavy (non-hydrogen) atoms. The molecule has 1 aromatic carbocycles. The lowest BCUT2D eigenvalue weighted by atomic mass is 10.0. The van der Waals surface area contributed by atoms with Crippen molar-refractivity contribution < 1.29 is 9.47 Å². The molecule has 0 radical (unpaired) electrons. The SMILES string of the molecule is CCOCc1ccc(OCC2CC2)c(CC(N)CC)c1.Cl. The van der Waals surface area contributed by atoms with Gasteiger partial charge in [0.05, 0.1) is 13.2 Å². The van der Waals surface area contributed by atoms with Crippen LogP contribution >= 0.6 is 12.4 Å². The van der Waals surface area contributed by atoms with E-state index in [0.29, 0.717) is 6.61 Å². The van der Waals surface area contributed by atoms with Crippen LogP contribution in [0.1, 0.15) is 44.2 Å². The maximum Gasteiger partial charge on any atom is 0.122 e. The Labute approximate surface area is 134 Å². The Morgan fingerprint density at radius 2 is 2.05 bits per heavy atom. The Balaban J connectivity index is 0.00000220. The van der Waals surface area contributed by atoms with Crippen LogP contribution in [-0.4, -0.2) is 19.3 Å². The van der Waals surface area contributed by atoms with Crippen LogP contribution in [0.5, 0.6) is 5.75 Å². The predicted octanol–water partition coefficient (Wildman–Crippen LogP) is 3.71. The summed E-state index contributed by atoms with van der Waals surface area (Å²) in [4.78, 5) is 0. The Morgan fingerprint density at radius 1 is 1.29 bits per heavy atom. The molecule has 4 heteroatoms. The summed E-state index contributed by atoms with van der Waals surface area (Å²) in [6, 6.07) is 6.56. The molecule has 0 aromatic heterocycles. The van der Waals surface area contributed by atoms with Crippen LogP contribution in [0, 0.1) is 5.92 Å². The van der Waals surface area contributed by atoms with Gasteiger partial charge in [-0.15, -0.1) is 12.4 Å². The number of nitrogens with two attached hydrogens (primary N) is 1. The second kappa shape index (κ2) is 9.29. The van der Waals surface area contributed by atoms with Crippen molar-refractivity contribution in [1.82, 2.24) is 0 Å². The zero-order chi connectivity index (χ0) is 14.4. The Bertz CT molecular complexity index is 421. The largest absolute Gasteiger partial charge is 0.493 e. The van der Waals surface area contributed by atoms with Crippen molar-refractivity contribution >= 4 is 12.4 Å². The molecule has 0 amide bonds. The summed E-state index contributed by atoms with van der Waals surface area (Å²) in [5.41, 5.74) is 8.52. The number of hydrogen-bond donors (Lipinski definition) is 1. The van der Waals surface area contributed by atoms with Crippen LogP contribution in [0.15, 0.2) is 18.2 Å². The van der Waals surface area contributed by atoms with Gasteiger partial charge < -0.3 is 15.2 Å². The molecule has 0 spiro atoms. The molecule has 1 atom stereocenters. The van der Waals surface area contributed by atoms with Crippen molar-refractivity contribution in [3.8, 4) is 5.75 Å². The number of hydrogen-bond acceptors (Lipinski definition) is 3. The van der Waals surface area contributed by atoms with E-state index in [4.69, 9.17) is 15.2 Å². The molecule has 0 heterocycles. The van der Waals surface area contributed by atoms with Gasteiger partial charge in [-0.3, -0.25) is 0 Å². The van der Waals surface area contributed by atoms with Crippen LogP contribution in [0.25, 0.3) is 0 Å². The number of ether oxygens (including phenoxy) is 2. The second-order valence-electron chi connectivity index (χ2n) is 5.71. The highest BCUT2D eigenvalue weighted by molar-refractivity contribution is 5.85. The normalized spacial score (nSPS) is 15.4. The average Bonchev–Trinajstić information content (AvgIpc) is 3.28. The molecule has 0 aliphatic heterocycles. The first kappa shape index (κ1) is 18.3. The number of halogens is 1. The molecule has 2 N–H and O–H groups in total. The van der Waals surface area contributed by atoms with Crippen molar-refractivity contribution in [3.05, 3.63) is 29.3 Å². The molecule has 1 saturated carbocycles. The number of benzene rings is 1. The summed E-state index contributed by atoms with van der Waals surface area (Å²) < 4.78 is 11.5. The fraction of sp³-hybridized carbons (Fsp3) is 0.647. The first-order valence-corrected chi connectivity index (χ1v) is 7.80. The maximum atomic E-state index is 6.11. The molecule has 0 bridgehead atoms. The van der Waals surface area contributed by atoms with Gasteiger partial charge in [0.25, 0.3) is 0 Å². The van der Waals surface area contributed by atoms with E-state index in [1.54, 1.807) is 0 Å². The third-order valence-corrected chi connectivity index (χ3v) is 3.78. The summed E-state index contributed by atoms with van der Waals surface area (Å²) in [5, 5.41) is 0. The highest BCUT2D eigenvalue weighted by atomic mass is 35.5. The van der Waals surface area contributed by atoms with Crippen molar-refractivity contribution in [2.75, 3.05) is 13.2 Å². The molecular formula is C17H28ClNO2. The Hall–Kier alpha value is -0.770. The molecular weight excluding hydrogens is 286 g/mol. The quantitative estimate of drug-likeness (QED) is 0.756. The first-order valence-electron chi connectivity index (χ1n) is 7.80. The van der Waals surface area contributed by atoms with Crippen LogP contribution in [0.4, 0.5) is 0 Å². The monoisotopic (exact) mass is 313 g/mol. The minimum Gasteiger partial charge on any atom is -0.493 e. The Kier molecular flexibility index (Phi) is 8.09. The van der Waals surface area contributed by atoms with Gasteiger partial charge in [0.2, 0.25) is 0 Å². The first-order chi connectivity index (χ1) is 9.72. The fourth-order valence-electron chi connectivity index (χ4n) is 2.16. The van der Waals surface area contributed by atoms with Gasteiger partial charge in [-0.2, -0.15) is 0 Å². The van der Waals surface area contributed by atoms with E-state index in [2.05, 4.69) is 25.1 Å². The van der Waals surface area contributed by atoms with Crippen LogP contribution in [0.2, 0.25) is 0 Å². The summed E-state index contributed by atoms with van der Waals surface area (Å²) in [6.07, 6.45) is 4.48. The van der Waals surface area contributed by atoms with E-state index in [0.717, 1.165) is 37.7 Å².